The number of urea groups is 1. The Labute approximate surface area is 231 Å². The van der Waals surface area contributed by atoms with Crippen LogP contribution in [0.3, 0.4) is 0 Å². The molecule has 0 heterocycles. The lowest BCUT2D eigenvalue weighted by atomic mass is 10.0. The van der Waals surface area contributed by atoms with Crippen LogP contribution in [-0.4, -0.2) is 39.3 Å². The number of carbonyl (C=O) groups is 3. The molecule has 0 radical (unpaired) electrons. The molecular weight excluding hydrogens is 512 g/mol. The highest BCUT2D eigenvalue weighted by molar-refractivity contribution is 6.03. The zero-order valence-electron chi connectivity index (χ0n) is 22.2. The molecule has 0 aliphatic rings. The smallest absolute Gasteiger partial charge is 0.341 e. The number of hydrogen-bond donors (Lipinski definition) is 2. The van der Waals surface area contributed by atoms with E-state index >= 15 is 0 Å². The van der Waals surface area contributed by atoms with Gasteiger partial charge in [0.2, 0.25) is 0 Å². The van der Waals surface area contributed by atoms with E-state index in [9.17, 15) is 14.4 Å². The Morgan fingerprint density at radius 2 is 1.25 bits per heavy atom. The number of methoxy groups -OCH3 is 3. The SMILES string of the molecule is COC(=O)c1ccc(OC)c(NC(=O)Nc2ccc(OC(c3ccccc3)c3ccccc3)c(C(=O)OC)c2)c1. The summed E-state index contributed by atoms with van der Waals surface area (Å²) in [6.07, 6.45) is -0.498. The predicted octanol–water partition coefficient (Wildman–Crippen LogP) is 6.08. The standard InChI is InChI=1S/C31H28N2O7/c1-37-27-16-14-22(29(34)38-2)18-25(27)33-31(36)32-23-15-17-26(24(19-23)30(35)39-3)40-28(20-10-6-4-7-11-20)21-12-8-5-9-13-21/h4-19,28H,1-3H3,(H2,32,33,36). The molecule has 4 aromatic rings. The minimum atomic E-state index is -0.633. The lowest BCUT2D eigenvalue weighted by molar-refractivity contribution is 0.0588. The zero-order chi connectivity index (χ0) is 28.5. The Kier molecular flexibility index (Phi) is 8.99. The predicted molar refractivity (Wildman–Crippen MR) is 150 cm³/mol. The van der Waals surface area contributed by atoms with Crippen molar-refractivity contribution < 1.29 is 33.3 Å². The fourth-order valence-corrected chi connectivity index (χ4v) is 4.03. The highest BCUT2D eigenvalue weighted by Crippen LogP contribution is 2.33. The Hall–Kier alpha value is -5.31. The van der Waals surface area contributed by atoms with Gasteiger partial charge in [-0.25, -0.2) is 14.4 Å². The summed E-state index contributed by atoms with van der Waals surface area (Å²) in [6, 6.07) is 27.8. The molecule has 40 heavy (non-hydrogen) atoms. The third-order valence-corrected chi connectivity index (χ3v) is 5.96. The van der Waals surface area contributed by atoms with Crippen LogP contribution in [0.2, 0.25) is 0 Å². The molecule has 0 aliphatic carbocycles. The Bertz CT molecular complexity index is 1450. The molecule has 204 valence electrons. The number of hydrogen-bond acceptors (Lipinski definition) is 7. The number of nitrogens with one attached hydrogen (secondary N) is 2. The molecule has 0 saturated heterocycles. The van der Waals surface area contributed by atoms with Crippen molar-refractivity contribution in [2.75, 3.05) is 32.0 Å². The van der Waals surface area contributed by atoms with Crippen molar-refractivity contribution in [1.29, 1.82) is 0 Å². The third kappa shape index (κ3) is 6.57. The molecule has 2 N–H and O–H groups in total. The average molecular weight is 541 g/mol. The number of esters is 2. The normalized spacial score (nSPS) is 10.4. The first-order valence-electron chi connectivity index (χ1n) is 12.3. The monoisotopic (exact) mass is 540 g/mol. The van der Waals surface area contributed by atoms with E-state index in [4.69, 9.17) is 18.9 Å². The van der Waals surface area contributed by atoms with E-state index in [1.807, 2.05) is 60.7 Å². The van der Waals surface area contributed by atoms with Crippen molar-refractivity contribution in [3.8, 4) is 11.5 Å². The highest BCUT2D eigenvalue weighted by Gasteiger charge is 2.22. The first kappa shape index (κ1) is 27.7. The van der Waals surface area contributed by atoms with Gasteiger partial charge >= 0.3 is 18.0 Å². The minimum Gasteiger partial charge on any atom is -0.495 e. The first-order valence-corrected chi connectivity index (χ1v) is 12.3. The number of benzene rings is 4. The van der Waals surface area contributed by atoms with Gasteiger partial charge in [-0.1, -0.05) is 60.7 Å². The maximum absolute atomic E-state index is 12.8. The number of ether oxygens (including phenoxy) is 4. The van der Waals surface area contributed by atoms with Crippen molar-refractivity contribution in [1.82, 2.24) is 0 Å². The summed E-state index contributed by atoms with van der Waals surface area (Å²) in [5, 5.41) is 5.33. The average Bonchev–Trinajstić information content (AvgIpc) is 3.00. The molecule has 9 heteroatoms. The fourth-order valence-electron chi connectivity index (χ4n) is 4.03. The van der Waals surface area contributed by atoms with Crippen LogP contribution in [0.25, 0.3) is 0 Å². The van der Waals surface area contributed by atoms with Gasteiger partial charge < -0.3 is 29.6 Å². The molecule has 0 aromatic heterocycles. The lowest BCUT2D eigenvalue weighted by Gasteiger charge is -2.22. The number of amides is 2. The second kappa shape index (κ2) is 13.0. The van der Waals surface area contributed by atoms with Crippen LogP contribution in [0.1, 0.15) is 37.9 Å². The molecule has 0 atom stereocenters. The summed E-state index contributed by atoms with van der Waals surface area (Å²) in [5.74, 6) is -0.572. The third-order valence-electron chi connectivity index (χ3n) is 5.96. The van der Waals surface area contributed by atoms with Crippen LogP contribution in [0, 0.1) is 0 Å². The van der Waals surface area contributed by atoms with Crippen LogP contribution < -0.4 is 20.1 Å². The lowest BCUT2D eigenvalue weighted by Crippen LogP contribution is -2.20. The van der Waals surface area contributed by atoms with E-state index in [2.05, 4.69) is 10.6 Å². The minimum absolute atomic E-state index is 0.127. The Balaban J connectivity index is 1.60. The Morgan fingerprint density at radius 1 is 0.650 bits per heavy atom. The van der Waals surface area contributed by atoms with E-state index in [1.54, 1.807) is 18.2 Å². The molecule has 0 saturated carbocycles. The molecular formula is C31H28N2O7. The van der Waals surface area contributed by atoms with Crippen molar-refractivity contribution in [3.63, 3.8) is 0 Å². The summed E-state index contributed by atoms with van der Waals surface area (Å²) < 4.78 is 21.4. The van der Waals surface area contributed by atoms with Gasteiger partial charge in [0.25, 0.3) is 0 Å². The molecule has 4 rings (SSSR count). The molecule has 0 bridgehead atoms. The van der Waals surface area contributed by atoms with E-state index in [1.165, 1.54) is 39.5 Å². The molecule has 0 fully saturated rings. The van der Waals surface area contributed by atoms with Crippen LogP contribution in [0.4, 0.5) is 16.2 Å². The van der Waals surface area contributed by atoms with Crippen LogP contribution in [-0.2, 0) is 9.47 Å². The van der Waals surface area contributed by atoms with Crippen molar-refractivity contribution in [2.45, 2.75) is 6.10 Å². The van der Waals surface area contributed by atoms with Gasteiger partial charge in [0.15, 0.2) is 0 Å². The highest BCUT2D eigenvalue weighted by atomic mass is 16.5. The molecule has 2 amide bonds. The largest absolute Gasteiger partial charge is 0.495 e. The van der Waals surface area contributed by atoms with Gasteiger partial charge in [-0.05, 0) is 47.5 Å². The van der Waals surface area contributed by atoms with Crippen molar-refractivity contribution in [2.24, 2.45) is 0 Å². The second-order valence-corrected chi connectivity index (χ2v) is 8.51. The fraction of sp³-hybridized carbons (Fsp3) is 0.129. The van der Waals surface area contributed by atoms with Crippen molar-refractivity contribution in [3.05, 3.63) is 119 Å². The maximum atomic E-state index is 12.8. The van der Waals surface area contributed by atoms with Crippen molar-refractivity contribution >= 4 is 29.3 Å². The van der Waals surface area contributed by atoms with E-state index in [0.29, 0.717) is 11.4 Å². The number of anilines is 2. The van der Waals surface area contributed by atoms with Gasteiger partial charge in [-0.2, -0.15) is 0 Å². The Morgan fingerprint density at radius 3 is 1.82 bits per heavy atom. The quantitative estimate of drug-likeness (QED) is 0.247. The van der Waals surface area contributed by atoms with Crippen LogP contribution in [0.5, 0.6) is 11.5 Å². The van der Waals surface area contributed by atoms with E-state index in [-0.39, 0.29) is 22.6 Å². The number of carbonyl (C=O) groups excluding carboxylic acids is 3. The first-order chi connectivity index (χ1) is 19.4. The summed E-state index contributed by atoms with van der Waals surface area (Å²) in [6.45, 7) is 0. The molecule has 0 spiro atoms. The molecule has 4 aromatic carbocycles. The summed E-state index contributed by atoms with van der Waals surface area (Å²) in [4.78, 5) is 37.5. The van der Waals surface area contributed by atoms with Gasteiger partial charge in [0.1, 0.15) is 23.2 Å². The van der Waals surface area contributed by atoms with Gasteiger partial charge in [0.05, 0.1) is 32.6 Å². The van der Waals surface area contributed by atoms with E-state index < -0.39 is 24.1 Å². The zero-order valence-corrected chi connectivity index (χ0v) is 22.2. The maximum Gasteiger partial charge on any atom is 0.341 e. The van der Waals surface area contributed by atoms with Gasteiger partial charge in [0, 0.05) is 5.69 Å². The molecule has 9 nitrogen and oxygen atoms in total. The van der Waals surface area contributed by atoms with Crippen LogP contribution in [0.15, 0.2) is 97.1 Å². The summed E-state index contributed by atoms with van der Waals surface area (Å²) in [7, 11) is 3.97. The summed E-state index contributed by atoms with van der Waals surface area (Å²) >= 11 is 0. The number of rotatable bonds is 9. The van der Waals surface area contributed by atoms with Gasteiger partial charge in [-0.3, -0.25) is 0 Å². The topological polar surface area (TPSA) is 112 Å². The second-order valence-electron chi connectivity index (χ2n) is 8.51. The van der Waals surface area contributed by atoms with Gasteiger partial charge in [-0.15, -0.1) is 0 Å². The van der Waals surface area contributed by atoms with E-state index in [0.717, 1.165) is 11.1 Å². The van der Waals surface area contributed by atoms with Crippen LogP contribution >= 0.6 is 0 Å². The molecule has 0 aliphatic heterocycles. The summed E-state index contributed by atoms with van der Waals surface area (Å²) in [5.41, 5.74) is 2.72. The molecule has 0 unspecified atom stereocenters.